The zero-order valence-electron chi connectivity index (χ0n) is 4.92. The molecule has 0 aliphatic heterocycles. The van der Waals surface area contributed by atoms with Crippen molar-refractivity contribution in [2.45, 2.75) is 13.3 Å². The van der Waals surface area contributed by atoms with Gasteiger partial charge in [-0.3, -0.25) is 4.79 Å². The smallest absolute Gasteiger partial charge is 0.157 e. The van der Waals surface area contributed by atoms with Gasteiger partial charge in [-0.05, 0) is 13.0 Å². The summed E-state index contributed by atoms with van der Waals surface area (Å²) in [5.41, 5.74) is 0. The van der Waals surface area contributed by atoms with Crippen molar-refractivity contribution in [2.24, 2.45) is 0 Å². The SMILES string of the molecule is C/C=C/C(=O)CCO. The van der Waals surface area contributed by atoms with Crippen molar-refractivity contribution in [3.05, 3.63) is 12.2 Å². The van der Waals surface area contributed by atoms with Crippen LogP contribution in [-0.2, 0) is 4.79 Å². The molecule has 0 aromatic carbocycles. The van der Waals surface area contributed by atoms with Crippen molar-refractivity contribution in [2.75, 3.05) is 6.61 Å². The first kappa shape index (κ1) is 7.37. The van der Waals surface area contributed by atoms with E-state index in [0.29, 0.717) is 0 Å². The second kappa shape index (κ2) is 4.53. The van der Waals surface area contributed by atoms with Crippen LogP contribution in [0.2, 0.25) is 0 Å². The lowest BCUT2D eigenvalue weighted by Gasteiger charge is -1.84. The zero-order chi connectivity index (χ0) is 6.41. The van der Waals surface area contributed by atoms with E-state index < -0.39 is 0 Å². The summed E-state index contributed by atoms with van der Waals surface area (Å²) >= 11 is 0. The third kappa shape index (κ3) is 3.56. The van der Waals surface area contributed by atoms with E-state index in [9.17, 15) is 4.79 Å². The molecule has 2 heteroatoms. The predicted octanol–water partition coefficient (Wildman–Crippen LogP) is 0.514. The molecule has 0 saturated heterocycles. The highest BCUT2D eigenvalue weighted by Gasteiger charge is 1.90. The van der Waals surface area contributed by atoms with E-state index >= 15 is 0 Å². The Balaban J connectivity index is 3.33. The standard InChI is InChI=1S/C6H10O2/c1-2-3-6(8)4-5-7/h2-3,7H,4-5H2,1H3/b3-2+. The molecule has 0 radical (unpaired) electrons. The summed E-state index contributed by atoms with van der Waals surface area (Å²) in [5, 5.41) is 8.21. The monoisotopic (exact) mass is 114 g/mol. The number of carbonyl (C=O) groups is 1. The van der Waals surface area contributed by atoms with Crippen LogP contribution in [0, 0.1) is 0 Å². The minimum Gasteiger partial charge on any atom is -0.396 e. The van der Waals surface area contributed by atoms with Gasteiger partial charge in [0.05, 0.1) is 6.61 Å². The van der Waals surface area contributed by atoms with Crippen molar-refractivity contribution >= 4 is 5.78 Å². The first-order valence-corrected chi connectivity index (χ1v) is 2.57. The second-order valence-electron chi connectivity index (χ2n) is 1.44. The topological polar surface area (TPSA) is 37.3 Å². The molecule has 8 heavy (non-hydrogen) atoms. The molecule has 0 spiro atoms. The molecule has 0 aliphatic carbocycles. The van der Waals surface area contributed by atoms with Crippen molar-refractivity contribution in [3.8, 4) is 0 Å². The van der Waals surface area contributed by atoms with E-state index in [2.05, 4.69) is 0 Å². The molecule has 0 aromatic rings. The Hall–Kier alpha value is -0.630. The maximum atomic E-state index is 10.4. The number of aliphatic hydroxyl groups excluding tert-OH is 1. The van der Waals surface area contributed by atoms with Crippen LogP contribution in [0.1, 0.15) is 13.3 Å². The van der Waals surface area contributed by atoms with Crippen molar-refractivity contribution < 1.29 is 9.90 Å². The van der Waals surface area contributed by atoms with Crippen LogP contribution in [0.25, 0.3) is 0 Å². The normalized spacial score (nSPS) is 10.2. The number of hydrogen-bond acceptors (Lipinski definition) is 2. The lowest BCUT2D eigenvalue weighted by Crippen LogP contribution is -1.94. The molecule has 0 amide bonds. The predicted molar refractivity (Wildman–Crippen MR) is 31.5 cm³/mol. The zero-order valence-corrected chi connectivity index (χ0v) is 4.92. The van der Waals surface area contributed by atoms with Gasteiger partial charge in [0, 0.05) is 6.42 Å². The van der Waals surface area contributed by atoms with Crippen molar-refractivity contribution in [1.29, 1.82) is 0 Å². The Morgan fingerprint density at radius 2 is 2.38 bits per heavy atom. The molecule has 0 aliphatic rings. The lowest BCUT2D eigenvalue weighted by atomic mass is 10.3. The maximum Gasteiger partial charge on any atom is 0.157 e. The first-order chi connectivity index (χ1) is 3.81. The summed E-state index contributed by atoms with van der Waals surface area (Å²) in [6.07, 6.45) is 3.36. The summed E-state index contributed by atoms with van der Waals surface area (Å²) in [5.74, 6) is -0.0185. The molecule has 0 fully saturated rings. The minimum atomic E-state index is -0.0524. The number of carbonyl (C=O) groups excluding carboxylic acids is 1. The molecule has 1 N–H and O–H groups in total. The van der Waals surface area contributed by atoms with E-state index in [4.69, 9.17) is 5.11 Å². The molecule has 0 atom stereocenters. The largest absolute Gasteiger partial charge is 0.396 e. The van der Waals surface area contributed by atoms with Crippen LogP contribution in [0.5, 0.6) is 0 Å². The van der Waals surface area contributed by atoms with Gasteiger partial charge < -0.3 is 5.11 Å². The van der Waals surface area contributed by atoms with Gasteiger partial charge in [0.15, 0.2) is 5.78 Å². The van der Waals surface area contributed by atoms with E-state index in [1.807, 2.05) is 0 Å². The van der Waals surface area contributed by atoms with Crippen LogP contribution in [-0.4, -0.2) is 17.5 Å². The van der Waals surface area contributed by atoms with Gasteiger partial charge in [0.2, 0.25) is 0 Å². The van der Waals surface area contributed by atoms with Crippen LogP contribution in [0.15, 0.2) is 12.2 Å². The average molecular weight is 114 g/mol. The molecular weight excluding hydrogens is 104 g/mol. The van der Waals surface area contributed by atoms with Gasteiger partial charge in [-0.2, -0.15) is 0 Å². The van der Waals surface area contributed by atoms with Gasteiger partial charge in [-0.25, -0.2) is 0 Å². The molecule has 46 valence electrons. The third-order valence-corrected chi connectivity index (χ3v) is 0.711. The van der Waals surface area contributed by atoms with Crippen LogP contribution in [0.4, 0.5) is 0 Å². The van der Waals surface area contributed by atoms with Gasteiger partial charge in [-0.15, -0.1) is 0 Å². The average Bonchev–Trinajstić information content (AvgIpc) is 1.68. The summed E-state index contributed by atoms with van der Waals surface area (Å²) in [6.45, 7) is 1.72. The van der Waals surface area contributed by atoms with E-state index in [1.165, 1.54) is 6.08 Å². The Morgan fingerprint density at radius 3 is 2.75 bits per heavy atom. The first-order valence-electron chi connectivity index (χ1n) is 2.57. The minimum absolute atomic E-state index is 0.0185. The maximum absolute atomic E-state index is 10.4. The van der Waals surface area contributed by atoms with E-state index in [-0.39, 0.29) is 18.8 Å². The molecule has 2 nitrogen and oxygen atoms in total. The highest BCUT2D eigenvalue weighted by Crippen LogP contribution is 1.81. The van der Waals surface area contributed by atoms with Gasteiger partial charge in [0.1, 0.15) is 0 Å². The highest BCUT2D eigenvalue weighted by atomic mass is 16.3. The molecular formula is C6H10O2. The van der Waals surface area contributed by atoms with Crippen LogP contribution in [0.3, 0.4) is 0 Å². The van der Waals surface area contributed by atoms with E-state index in [0.717, 1.165) is 0 Å². The molecule has 0 saturated carbocycles. The third-order valence-electron chi connectivity index (χ3n) is 0.711. The molecule has 0 unspecified atom stereocenters. The number of aliphatic hydroxyl groups is 1. The number of rotatable bonds is 3. The van der Waals surface area contributed by atoms with Gasteiger partial charge in [0.25, 0.3) is 0 Å². The summed E-state index contributed by atoms with van der Waals surface area (Å²) < 4.78 is 0. The van der Waals surface area contributed by atoms with Gasteiger partial charge >= 0.3 is 0 Å². The van der Waals surface area contributed by atoms with Crippen LogP contribution < -0.4 is 0 Å². The molecule has 0 bridgehead atoms. The fraction of sp³-hybridized carbons (Fsp3) is 0.500. The Morgan fingerprint density at radius 1 is 1.75 bits per heavy atom. The number of allylic oxidation sites excluding steroid dienone is 2. The summed E-state index contributed by atoms with van der Waals surface area (Å²) in [7, 11) is 0. The Kier molecular flexibility index (Phi) is 4.17. The highest BCUT2D eigenvalue weighted by molar-refractivity contribution is 5.89. The van der Waals surface area contributed by atoms with Crippen molar-refractivity contribution in [3.63, 3.8) is 0 Å². The summed E-state index contributed by atoms with van der Waals surface area (Å²) in [6, 6.07) is 0. The quantitative estimate of drug-likeness (QED) is 0.543. The fourth-order valence-corrected chi connectivity index (χ4v) is 0.379. The van der Waals surface area contributed by atoms with Crippen LogP contribution >= 0.6 is 0 Å². The van der Waals surface area contributed by atoms with Gasteiger partial charge in [-0.1, -0.05) is 6.08 Å². The Bertz CT molecular complexity index is 94.7. The molecule has 0 aromatic heterocycles. The lowest BCUT2D eigenvalue weighted by molar-refractivity contribution is -0.115. The Labute approximate surface area is 48.8 Å². The van der Waals surface area contributed by atoms with E-state index in [1.54, 1.807) is 13.0 Å². The summed E-state index contributed by atoms with van der Waals surface area (Å²) in [4.78, 5) is 10.4. The molecule has 0 rings (SSSR count). The number of hydrogen-bond donors (Lipinski definition) is 1. The van der Waals surface area contributed by atoms with Crippen molar-refractivity contribution in [1.82, 2.24) is 0 Å². The number of ketones is 1. The molecule has 0 heterocycles. The fourth-order valence-electron chi connectivity index (χ4n) is 0.379. The second-order valence-corrected chi connectivity index (χ2v) is 1.44.